The minimum absolute atomic E-state index is 0.0998. The number of carbonyl (C=O) groups is 1. The van der Waals surface area contributed by atoms with Crippen molar-refractivity contribution in [3.05, 3.63) is 22.4 Å². The van der Waals surface area contributed by atoms with Gasteiger partial charge >= 0.3 is 0 Å². The summed E-state index contributed by atoms with van der Waals surface area (Å²) in [5, 5.41) is 3.98. The van der Waals surface area contributed by atoms with E-state index < -0.39 is 0 Å². The molecule has 0 aliphatic carbocycles. The van der Waals surface area contributed by atoms with E-state index in [1.807, 2.05) is 23.8 Å². The molecule has 0 spiro atoms. The first-order valence-electron chi connectivity index (χ1n) is 4.48. The van der Waals surface area contributed by atoms with Gasteiger partial charge in [-0.25, -0.2) is 0 Å². The van der Waals surface area contributed by atoms with Crippen molar-refractivity contribution in [3.8, 4) is 0 Å². The fourth-order valence-corrected chi connectivity index (χ4v) is 1.92. The molecule has 1 rings (SSSR count). The smallest absolute Gasteiger partial charge is 0.227 e. The Morgan fingerprint density at radius 2 is 2.43 bits per heavy atom. The Hall–Kier alpha value is -0.540. The van der Waals surface area contributed by atoms with E-state index in [0.29, 0.717) is 12.3 Å². The van der Waals surface area contributed by atoms with Crippen LogP contribution < -0.4 is 0 Å². The molecule has 0 fully saturated rings. The molecule has 1 aromatic heterocycles. The van der Waals surface area contributed by atoms with Crippen LogP contribution in [0.25, 0.3) is 0 Å². The average Bonchev–Trinajstić information content (AvgIpc) is 2.68. The zero-order chi connectivity index (χ0) is 10.6. The molecule has 0 N–H and O–H groups in total. The average molecular weight is 232 g/mol. The van der Waals surface area contributed by atoms with Crippen molar-refractivity contribution in [2.45, 2.75) is 19.4 Å². The van der Waals surface area contributed by atoms with Gasteiger partial charge in [0, 0.05) is 19.0 Å². The predicted molar refractivity (Wildman–Crippen MR) is 61.0 cm³/mol. The van der Waals surface area contributed by atoms with Gasteiger partial charge in [0.2, 0.25) is 5.91 Å². The van der Waals surface area contributed by atoms with Crippen molar-refractivity contribution in [1.82, 2.24) is 4.90 Å². The van der Waals surface area contributed by atoms with Crippen LogP contribution >= 0.6 is 22.9 Å². The van der Waals surface area contributed by atoms with Crippen LogP contribution in [0, 0.1) is 0 Å². The van der Waals surface area contributed by atoms with Crippen LogP contribution in [0.3, 0.4) is 0 Å². The molecular weight excluding hydrogens is 218 g/mol. The van der Waals surface area contributed by atoms with E-state index in [9.17, 15) is 4.79 Å². The molecule has 1 aromatic rings. The van der Waals surface area contributed by atoms with Crippen LogP contribution in [0.5, 0.6) is 0 Å². The summed E-state index contributed by atoms with van der Waals surface area (Å²) in [4.78, 5) is 13.4. The number of thiophene rings is 1. The van der Waals surface area contributed by atoms with E-state index in [-0.39, 0.29) is 11.9 Å². The second kappa shape index (κ2) is 5.37. The highest BCUT2D eigenvalue weighted by Crippen LogP contribution is 2.09. The van der Waals surface area contributed by atoms with Crippen LogP contribution in [-0.2, 0) is 11.2 Å². The van der Waals surface area contributed by atoms with Gasteiger partial charge in [-0.05, 0) is 29.3 Å². The highest BCUT2D eigenvalue weighted by Gasteiger charge is 2.14. The minimum Gasteiger partial charge on any atom is -0.342 e. The van der Waals surface area contributed by atoms with E-state index in [1.165, 1.54) is 0 Å². The number of alkyl halides is 1. The number of nitrogens with zero attached hydrogens (tertiary/aromatic N) is 1. The molecule has 0 bridgehead atoms. The molecule has 1 atom stereocenters. The number of hydrogen-bond acceptors (Lipinski definition) is 2. The lowest BCUT2D eigenvalue weighted by atomic mass is 10.2. The third kappa shape index (κ3) is 3.00. The van der Waals surface area contributed by atoms with E-state index in [2.05, 4.69) is 0 Å². The van der Waals surface area contributed by atoms with Crippen molar-refractivity contribution in [3.63, 3.8) is 0 Å². The van der Waals surface area contributed by atoms with Gasteiger partial charge in [0.25, 0.3) is 0 Å². The number of rotatable bonds is 4. The van der Waals surface area contributed by atoms with Gasteiger partial charge in [-0.15, -0.1) is 11.6 Å². The monoisotopic (exact) mass is 231 g/mol. The first-order chi connectivity index (χ1) is 6.65. The molecular formula is C10H14ClNOS. The summed E-state index contributed by atoms with van der Waals surface area (Å²) in [7, 11) is 1.79. The first-order valence-corrected chi connectivity index (χ1v) is 5.95. The van der Waals surface area contributed by atoms with Gasteiger partial charge in [0.15, 0.2) is 0 Å². The summed E-state index contributed by atoms with van der Waals surface area (Å²) in [5.41, 5.74) is 1.08. The lowest BCUT2D eigenvalue weighted by Gasteiger charge is -2.22. The van der Waals surface area contributed by atoms with Crippen LogP contribution in [0.2, 0.25) is 0 Å². The van der Waals surface area contributed by atoms with Crippen molar-refractivity contribution in [2.24, 2.45) is 0 Å². The van der Waals surface area contributed by atoms with Gasteiger partial charge < -0.3 is 4.90 Å². The van der Waals surface area contributed by atoms with Gasteiger partial charge in [-0.2, -0.15) is 11.3 Å². The fourth-order valence-electron chi connectivity index (χ4n) is 1.04. The lowest BCUT2D eigenvalue weighted by molar-refractivity contribution is -0.130. The number of likely N-dealkylation sites (N-methyl/N-ethyl adjacent to an activating group) is 1. The zero-order valence-electron chi connectivity index (χ0n) is 8.37. The maximum Gasteiger partial charge on any atom is 0.227 e. The van der Waals surface area contributed by atoms with Crippen molar-refractivity contribution < 1.29 is 4.79 Å². The van der Waals surface area contributed by atoms with Gasteiger partial charge in [-0.3, -0.25) is 4.79 Å². The number of hydrogen-bond donors (Lipinski definition) is 0. The van der Waals surface area contributed by atoms with Crippen LogP contribution in [-0.4, -0.2) is 29.8 Å². The Morgan fingerprint density at radius 1 is 1.71 bits per heavy atom. The molecule has 1 unspecified atom stereocenters. The van der Waals surface area contributed by atoms with E-state index in [4.69, 9.17) is 11.6 Å². The maximum atomic E-state index is 11.7. The Kier molecular flexibility index (Phi) is 4.42. The Balaban J connectivity index is 2.50. The molecule has 0 aliphatic heterocycles. The molecule has 0 saturated carbocycles. The number of amides is 1. The zero-order valence-corrected chi connectivity index (χ0v) is 9.94. The van der Waals surface area contributed by atoms with Crippen LogP contribution in [0.4, 0.5) is 0 Å². The molecule has 78 valence electrons. The van der Waals surface area contributed by atoms with Gasteiger partial charge in [-0.1, -0.05) is 0 Å². The summed E-state index contributed by atoms with van der Waals surface area (Å²) in [5.74, 6) is 0.600. The Morgan fingerprint density at radius 3 is 2.93 bits per heavy atom. The number of carbonyl (C=O) groups excluding carboxylic acids is 1. The van der Waals surface area contributed by atoms with Gasteiger partial charge in [0.1, 0.15) is 0 Å². The van der Waals surface area contributed by atoms with Crippen LogP contribution in [0.15, 0.2) is 16.8 Å². The SMILES string of the molecule is CC(CCl)N(C)C(=O)Cc1ccsc1. The molecule has 0 aliphatic rings. The normalized spacial score (nSPS) is 12.5. The molecule has 1 amide bonds. The summed E-state index contributed by atoms with van der Waals surface area (Å²) in [6.45, 7) is 1.94. The highest BCUT2D eigenvalue weighted by atomic mass is 35.5. The van der Waals surface area contributed by atoms with E-state index in [1.54, 1.807) is 23.3 Å². The molecule has 2 nitrogen and oxygen atoms in total. The standard InChI is InChI=1S/C10H14ClNOS/c1-8(6-11)12(2)10(13)5-9-3-4-14-7-9/h3-4,7-8H,5-6H2,1-2H3. The summed E-state index contributed by atoms with van der Waals surface area (Å²) in [6, 6.07) is 2.07. The topological polar surface area (TPSA) is 20.3 Å². The highest BCUT2D eigenvalue weighted by molar-refractivity contribution is 7.07. The van der Waals surface area contributed by atoms with E-state index >= 15 is 0 Å². The third-order valence-electron chi connectivity index (χ3n) is 2.21. The van der Waals surface area contributed by atoms with Crippen LogP contribution in [0.1, 0.15) is 12.5 Å². The Labute approximate surface area is 93.5 Å². The molecule has 4 heteroatoms. The van der Waals surface area contributed by atoms with Crippen molar-refractivity contribution in [1.29, 1.82) is 0 Å². The summed E-state index contributed by atoms with van der Waals surface area (Å²) >= 11 is 7.29. The largest absolute Gasteiger partial charge is 0.342 e. The fraction of sp³-hybridized carbons (Fsp3) is 0.500. The minimum atomic E-state index is 0.0998. The third-order valence-corrected chi connectivity index (χ3v) is 3.39. The quantitative estimate of drug-likeness (QED) is 0.729. The predicted octanol–water partition coefficient (Wildman–Crippen LogP) is 2.38. The summed E-state index contributed by atoms with van der Waals surface area (Å²) in [6.07, 6.45) is 0.473. The molecule has 0 aromatic carbocycles. The molecule has 0 radical (unpaired) electrons. The molecule has 14 heavy (non-hydrogen) atoms. The lowest BCUT2D eigenvalue weighted by Crippen LogP contribution is -2.37. The maximum absolute atomic E-state index is 11.7. The second-order valence-corrected chi connectivity index (χ2v) is 4.40. The number of halogens is 1. The first kappa shape index (κ1) is 11.5. The van der Waals surface area contributed by atoms with E-state index in [0.717, 1.165) is 5.56 Å². The Bertz CT molecular complexity index is 286. The molecule has 0 saturated heterocycles. The van der Waals surface area contributed by atoms with Crippen molar-refractivity contribution >= 4 is 28.8 Å². The summed E-state index contributed by atoms with van der Waals surface area (Å²) < 4.78 is 0. The van der Waals surface area contributed by atoms with Crippen molar-refractivity contribution in [2.75, 3.05) is 12.9 Å². The second-order valence-electron chi connectivity index (χ2n) is 3.32. The molecule has 1 heterocycles. The van der Waals surface area contributed by atoms with Gasteiger partial charge in [0.05, 0.1) is 6.42 Å².